The average Bonchev–Trinajstić information content (AvgIpc) is 3.00. The van der Waals surface area contributed by atoms with Crippen LogP contribution >= 0.6 is 0 Å². The van der Waals surface area contributed by atoms with Gasteiger partial charge in [-0.3, -0.25) is 0 Å². The van der Waals surface area contributed by atoms with Crippen LogP contribution in [0.1, 0.15) is 31.4 Å². The van der Waals surface area contributed by atoms with Gasteiger partial charge in [-0.25, -0.2) is 14.4 Å². The lowest BCUT2D eigenvalue weighted by Gasteiger charge is -2.33. The van der Waals surface area contributed by atoms with E-state index in [9.17, 15) is 40.7 Å². The minimum absolute atomic E-state index is 0.0988. The summed E-state index contributed by atoms with van der Waals surface area (Å²) in [5.74, 6) is -5.29. The molecule has 0 spiro atoms. The van der Waals surface area contributed by atoms with Gasteiger partial charge in [0, 0.05) is 37.3 Å². The maximum atomic E-state index is 14.3. The first-order chi connectivity index (χ1) is 21.6. The molecule has 0 saturated heterocycles. The molecule has 0 aliphatic heterocycles. The summed E-state index contributed by atoms with van der Waals surface area (Å²) in [6.45, 7) is 1.77. The van der Waals surface area contributed by atoms with E-state index in [1.54, 1.807) is 6.92 Å². The van der Waals surface area contributed by atoms with Gasteiger partial charge in [-0.1, -0.05) is 78.4 Å². The smallest absolute Gasteiger partial charge is 0.432 e. The second-order valence-electron chi connectivity index (χ2n) is 9.78. The predicted molar refractivity (Wildman–Crippen MR) is 152 cm³/mol. The molecule has 0 unspecified atom stereocenters. The van der Waals surface area contributed by atoms with Gasteiger partial charge in [0.1, 0.15) is 0 Å². The zero-order valence-electron chi connectivity index (χ0n) is 25.4. The molecule has 0 heterocycles. The monoisotopic (exact) mass is 660 g/mol. The van der Waals surface area contributed by atoms with Gasteiger partial charge in [-0.2, -0.15) is 26.3 Å². The van der Waals surface area contributed by atoms with Gasteiger partial charge in [0.05, 0.1) is 19.8 Å². The lowest BCUT2D eigenvalue weighted by Crippen LogP contribution is -2.52. The van der Waals surface area contributed by atoms with Gasteiger partial charge in [0.15, 0.2) is 0 Å². The van der Waals surface area contributed by atoms with Gasteiger partial charge in [-0.05, 0) is 20.3 Å². The number of rotatable bonds is 15. The molecule has 3 atom stereocenters. The summed E-state index contributed by atoms with van der Waals surface area (Å²) in [6, 6.07) is 12.1. The molecule has 46 heavy (non-hydrogen) atoms. The molecule has 2 aromatic rings. The largest absolute Gasteiger partial charge is 0.463 e. The van der Waals surface area contributed by atoms with Gasteiger partial charge >= 0.3 is 30.3 Å². The first-order valence-corrected chi connectivity index (χ1v) is 13.8. The lowest BCUT2D eigenvalue weighted by molar-refractivity contribution is -0.278. The Morgan fingerprint density at radius 1 is 0.717 bits per heavy atom. The first-order valence-electron chi connectivity index (χ1n) is 13.8. The van der Waals surface area contributed by atoms with Crippen LogP contribution in [0, 0.1) is 5.92 Å². The van der Waals surface area contributed by atoms with Gasteiger partial charge in [-0.15, -0.1) is 0 Å². The highest BCUT2D eigenvalue weighted by Crippen LogP contribution is 2.44. The minimum atomic E-state index is -5.25. The number of halogens is 6. The summed E-state index contributed by atoms with van der Waals surface area (Å²) in [7, 11) is 1.39. The van der Waals surface area contributed by atoms with Crippen molar-refractivity contribution in [2.45, 2.75) is 43.8 Å². The van der Waals surface area contributed by atoms with E-state index in [2.05, 4.69) is 0 Å². The number of alkyl halides is 6. The van der Waals surface area contributed by atoms with E-state index in [0.717, 1.165) is 30.3 Å². The Morgan fingerprint density at radius 3 is 1.59 bits per heavy atom. The van der Waals surface area contributed by atoms with Gasteiger partial charge in [0.2, 0.25) is 0 Å². The number of carbonyl (C=O) groups is 3. The highest BCUT2D eigenvalue weighted by atomic mass is 19.4. The lowest BCUT2D eigenvalue weighted by atomic mass is 9.92. The number of esters is 3. The maximum Gasteiger partial charge on any atom is 0.432 e. The molecule has 0 radical (unpaired) electrons. The summed E-state index contributed by atoms with van der Waals surface area (Å²) >= 11 is 0. The summed E-state index contributed by atoms with van der Waals surface area (Å²) in [6.07, 6.45) is -7.03. The number of benzene rings is 2. The van der Waals surface area contributed by atoms with Crippen molar-refractivity contribution >= 4 is 17.9 Å². The highest BCUT2D eigenvalue weighted by molar-refractivity contribution is 5.83. The summed E-state index contributed by atoms with van der Waals surface area (Å²) in [5.41, 5.74) is -7.69. The normalized spacial score (nSPS) is 15.8. The second kappa shape index (κ2) is 16.4. The van der Waals surface area contributed by atoms with E-state index >= 15 is 0 Å². The van der Waals surface area contributed by atoms with E-state index in [-0.39, 0.29) is 13.0 Å². The number of allylic oxidation sites excluding steroid dienone is 2. The van der Waals surface area contributed by atoms with Crippen LogP contribution in [-0.4, -0.2) is 64.3 Å². The number of hydrogen-bond acceptors (Lipinski definition) is 8. The summed E-state index contributed by atoms with van der Waals surface area (Å²) in [4.78, 5) is 37.7. The Balaban J connectivity index is 2.36. The fourth-order valence-corrected chi connectivity index (χ4v) is 4.49. The number of ether oxygens (including phenoxy) is 5. The maximum absolute atomic E-state index is 14.3. The van der Waals surface area contributed by atoms with Crippen molar-refractivity contribution < 1.29 is 64.4 Å². The molecule has 14 heteroatoms. The Bertz CT molecular complexity index is 1360. The predicted octanol–water partition coefficient (Wildman–Crippen LogP) is 6.35. The zero-order chi connectivity index (χ0) is 34.6. The van der Waals surface area contributed by atoms with Crippen molar-refractivity contribution in [2.75, 3.05) is 34.0 Å². The van der Waals surface area contributed by atoms with E-state index < -0.39 is 71.7 Å². The molecule has 0 aliphatic rings. The molecule has 0 amide bonds. The number of methoxy groups -OCH3 is 2. The standard InChI is InChI=1S/C32H34F6O8/c1-5-44-26(39)17-16-22(2)20-23(21-46-28(41)30(43-4,32(36,37)38)25-14-10-7-11-15-25)18-19-45-27(40)29(42-3,31(33,34)35)24-12-8-6-9-13-24/h6-17,20,23H,5,18-19,21H2,1-4H3/b17-16+,22-20+/t23-,29+,30+/m0/s1. The highest BCUT2D eigenvalue weighted by Gasteiger charge is 2.65. The fourth-order valence-electron chi connectivity index (χ4n) is 4.49. The van der Waals surface area contributed by atoms with E-state index in [4.69, 9.17) is 23.7 Å². The molecule has 0 aliphatic carbocycles. The Kier molecular flexibility index (Phi) is 13.6. The molecule has 252 valence electrons. The Hall–Kier alpha value is -4.17. The van der Waals surface area contributed by atoms with Crippen LogP contribution in [0.15, 0.2) is 84.5 Å². The second-order valence-corrected chi connectivity index (χ2v) is 9.78. The van der Waals surface area contributed by atoms with Crippen LogP contribution in [0.3, 0.4) is 0 Å². The van der Waals surface area contributed by atoms with Crippen LogP contribution in [0.2, 0.25) is 0 Å². The zero-order valence-corrected chi connectivity index (χ0v) is 25.4. The Labute approximate surface area is 261 Å². The number of carbonyl (C=O) groups excluding carboxylic acids is 3. The SMILES string of the molecule is CCOC(=O)/C=C/C(C)=C/[C@H](CCOC(=O)[C@](OC)(c1ccccc1)C(F)(F)F)COC(=O)[C@](OC)(c1ccccc1)C(F)(F)F. The third-order valence-electron chi connectivity index (χ3n) is 6.76. The van der Waals surface area contributed by atoms with Crippen molar-refractivity contribution in [3.8, 4) is 0 Å². The van der Waals surface area contributed by atoms with Crippen molar-refractivity contribution in [2.24, 2.45) is 5.92 Å². The van der Waals surface area contributed by atoms with Crippen molar-refractivity contribution in [1.29, 1.82) is 0 Å². The first kappa shape index (κ1) is 38.0. The number of hydrogen-bond donors (Lipinski definition) is 0. The van der Waals surface area contributed by atoms with Crippen molar-refractivity contribution in [3.05, 3.63) is 95.6 Å². The third-order valence-corrected chi connectivity index (χ3v) is 6.76. The van der Waals surface area contributed by atoms with Crippen LogP contribution < -0.4 is 0 Å². The quantitative estimate of drug-likeness (QED) is 0.0717. The topological polar surface area (TPSA) is 97.4 Å². The molecule has 8 nitrogen and oxygen atoms in total. The van der Waals surface area contributed by atoms with E-state index in [1.807, 2.05) is 0 Å². The molecule has 0 saturated carbocycles. The fraction of sp³-hybridized carbons (Fsp3) is 0.406. The molecule has 0 bridgehead atoms. The van der Waals surface area contributed by atoms with Crippen LogP contribution in [0.25, 0.3) is 0 Å². The van der Waals surface area contributed by atoms with Crippen LogP contribution in [0.5, 0.6) is 0 Å². The average molecular weight is 661 g/mol. The summed E-state index contributed by atoms with van der Waals surface area (Å²) < 4.78 is 110. The van der Waals surface area contributed by atoms with Crippen LogP contribution in [-0.2, 0) is 49.3 Å². The minimum Gasteiger partial charge on any atom is -0.463 e. The molecular formula is C32H34F6O8. The van der Waals surface area contributed by atoms with Gasteiger partial charge in [0.25, 0.3) is 11.2 Å². The molecular weight excluding hydrogens is 626 g/mol. The molecule has 2 aromatic carbocycles. The molecule has 0 aromatic heterocycles. The molecule has 0 N–H and O–H groups in total. The van der Waals surface area contributed by atoms with Crippen molar-refractivity contribution in [3.63, 3.8) is 0 Å². The molecule has 0 fully saturated rings. The van der Waals surface area contributed by atoms with E-state index in [0.29, 0.717) is 19.8 Å². The van der Waals surface area contributed by atoms with Gasteiger partial charge < -0.3 is 23.7 Å². The third kappa shape index (κ3) is 8.75. The summed E-state index contributed by atoms with van der Waals surface area (Å²) in [5, 5.41) is 0. The van der Waals surface area contributed by atoms with E-state index in [1.165, 1.54) is 55.5 Å². The Morgan fingerprint density at radius 2 is 1.17 bits per heavy atom. The van der Waals surface area contributed by atoms with Crippen molar-refractivity contribution in [1.82, 2.24) is 0 Å². The molecule has 2 rings (SSSR count). The van der Waals surface area contributed by atoms with Crippen LogP contribution in [0.4, 0.5) is 26.3 Å².